The summed E-state index contributed by atoms with van der Waals surface area (Å²) < 4.78 is 10.7. The molecular formula is C8H11IO3. The molecule has 0 amide bonds. The predicted molar refractivity (Wildman–Crippen MR) is 53.5 cm³/mol. The third kappa shape index (κ3) is 2.66. The highest BCUT2D eigenvalue weighted by molar-refractivity contribution is 14.1. The molecule has 0 N–H and O–H groups in total. The molecule has 0 radical (unpaired) electrons. The Bertz CT molecular complexity index is 181. The minimum absolute atomic E-state index is 0.0109. The van der Waals surface area contributed by atoms with Crippen LogP contribution in [-0.4, -0.2) is 22.8 Å². The standard InChI is InChI=1S/C8H11IO3/c1-2-3-6-4-7(5-9)12-8(10)11-6/h2,6-7H,1,3-5H2/t6-,7-/m0/s1. The van der Waals surface area contributed by atoms with Crippen LogP contribution in [0, 0.1) is 0 Å². The van der Waals surface area contributed by atoms with Crippen LogP contribution < -0.4 is 0 Å². The van der Waals surface area contributed by atoms with E-state index in [0.29, 0.717) is 6.42 Å². The van der Waals surface area contributed by atoms with Gasteiger partial charge in [0.05, 0.1) is 0 Å². The maximum atomic E-state index is 10.8. The van der Waals surface area contributed by atoms with Crippen LogP contribution >= 0.6 is 22.6 Å². The lowest BCUT2D eigenvalue weighted by Gasteiger charge is -2.27. The molecule has 0 bridgehead atoms. The zero-order chi connectivity index (χ0) is 8.97. The smallest absolute Gasteiger partial charge is 0.430 e. The summed E-state index contributed by atoms with van der Waals surface area (Å²) in [5.41, 5.74) is 0. The summed E-state index contributed by atoms with van der Waals surface area (Å²) in [5, 5.41) is 0. The Morgan fingerprint density at radius 3 is 2.83 bits per heavy atom. The van der Waals surface area contributed by atoms with Crippen molar-refractivity contribution in [2.45, 2.75) is 25.0 Å². The first-order valence-electron chi connectivity index (χ1n) is 3.80. The van der Waals surface area contributed by atoms with Gasteiger partial charge < -0.3 is 9.47 Å². The number of rotatable bonds is 3. The molecule has 0 unspecified atom stereocenters. The summed E-state index contributed by atoms with van der Waals surface area (Å²) in [7, 11) is 0. The second-order valence-corrected chi connectivity index (χ2v) is 3.52. The molecule has 0 aromatic carbocycles. The number of hydrogen-bond acceptors (Lipinski definition) is 3. The van der Waals surface area contributed by atoms with E-state index in [2.05, 4.69) is 29.2 Å². The number of cyclic esters (lactones) is 2. The van der Waals surface area contributed by atoms with Gasteiger partial charge >= 0.3 is 6.16 Å². The van der Waals surface area contributed by atoms with Gasteiger partial charge in [-0.05, 0) is 0 Å². The van der Waals surface area contributed by atoms with Crippen LogP contribution in [-0.2, 0) is 9.47 Å². The molecule has 1 rings (SSSR count). The van der Waals surface area contributed by atoms with Crippen LogP contribution in [0.25, 0.3) is 0 Å². The summed E-state index contributed by atoms with van der Waals surface area (Å²) in [5.74, 6) is 0. The highest BCUT2D eigenvalue weighted by Crippen LogP contribution is 2.19. The summed E-state index contributed by atoms with van der Waals surface area (Å²) in [6.07, 6.45) is 2.67. The van der Waals surface area contributed by atoms with E-state index in [4.69, 9.17) is 9.47 Å². The van der Waals surface area contributed by atoms with E-state index < -0.39 is 6.16 Å². The van der Waals surface area contributed by atoms with Gasteiger partial charge in [0, 0.05) is 17.3 Å². The van der Waals surface area contributed by atoms with Crippen LogP contribution in [0.4, 0.5) is 4.79 Å². The van der Waals surface area contributed by atoms with E-state index in [1.807, 2.05) is 0 Å². The van der Waals surface area contributed by atoms with Gasteiger partial charge in [-0.25, -0.2) is 4.79 Å². The zero-order valence-electron chi connectivity index (χ0n) is 6.66. The van der Waals surface area contributed by atoms with Crippen molar-refractivity contribution in [3.63, 3.8) is 0 Å². The monoisotopic (exact) mass is 282 g/mol. The summed E-state index contributed by atoms with van der Waals surface area (Å²) in [4.78, 5) is 10.8. The molecule has 68 valence electrons. The van der Waals surface area contributed by atoms with E-state index in [-0.39, 0.29) is 12.2 Å². The molecule has 1 heterocycles. The van der Waals surface area contributed by atoms with Crippen molar-refractivity contribution in [3.05, 3.63) is 12.7 Å². The fourth-order valence-corrected chi connectivity index (χ4v) is 1.65. The number of alkyl halides is 1. The lowest BCUT2D eigenvalue weighted by molar-refractivity contribution is -0.0499. The minimum Gasteiger partial charge on any atom is -0.430 e. The first-order chi connectivity index (χ1) is 5.76. The Kier molecular flexibility index (Phi) is 3.84. The number of carbonyl (C=O) groups excluding carboxylic acids is 1. The van der Waals surface area contributed by atoms with Gasteiger partial charge in [0.15, 0.2) is 0 Å². The highest BCUT2D eigenvalue weighted by atomic mass is 127. The molecule has 0 saturated carbocycles. The van der Waals surface area contributed by atoms with E-state index in [9.17, 15) is 4.79 Å². The number of carbonyl (C=O) groups is 1. The Morgan fingerprint density at radius 1 is 1.58 bits per heavy atom. The van der Waals surface area contributed by atoms with Crippen molar-refractivity contribution in [1.29, 1.82) is 0 Å². The summed E-state index contributed by atoms with van der Waals surface area (Å²) in [6, 6.07) is 0. The van der Waals surface area contributed by atoms with Crippen molar-refractivity contribution in [2.75, 3.05) is 4.43 Å². The van der Waals surface area contributed by atoms with Gasteiger partial charge in [-0.15, -0.1) is 6.58 Å². The Labute approximate surface area is 85.2 Å². The molecule has 12 heavy (non-hydrogen) atoms. The van der Waals surface area contributed by atoms with Crippen molar-refractivity contribution in [3.8, 4) is 0 Å². The molecule has 4 heteroatoms. The van der Waals surface area contributed by atoms with Crippen molar-refractivity contribution < 1.29 is 14.3 Å². The molecule has 0 aliphatic carbocycles. The van der Waals surface area contributed by atoms with Crippen molar-refractivity contribution >= 4 is 28.7 Å². The minimum atomic E-state index is -0.547. The number of ether oxygens (including phenoxy) is 2. The van der Waals surface area contributed by atoms with E-state index in [1.165, 1.54) is 0 Å². The van der Waals surface area contributed by atoms with Gasteiger partial charge in [0.2, 0.25) is 0 Å². The van der Waals surface area contributed by atoms with E-state index in [0.717, 1.165) is 10.8 Å². The summed E-state index contributed by atoms with van der Waals surface area (Å²) in [6.45, 7) is 3.60. The van der Waals surface area contributed by atoms with Crippen LogP contribution in [0.15, 0.2) is 12.7 Å². The molecule has 0 aromatic heterocycles. The van der Waals surface area contributed by atoms with Gasteiger partial charge in [-0.3, -0.25) is 0 Å². The van der Waals surface area contributed by atoms with Gasteiger partial charge in [-0.2, -0.15) is 0 Å². The van der Waals surface area contributed by atoms with E-state index in [1.54, 1.807) is 6.08 Å². The lowest BCUT2D eigenvalue weighted by atomic mass is 10.1. The SMILES string of the molecule is C=CC[C@H]1C[C@@H](CI)OC(=O)O1. The fraction of sp³-hybridized carbons (Fsp3) is 0.625. The lowest BCUT2D eigenvalue weighted by Crippen LogP contribution is -2.34. The molecule has 1 saturated heterocycles. The first kappa shape index (κ1) is 9.83. The molecule has 1 aliphatic heterocycles. The Hall–Kier alpha value is -0.260. The second-order valence-electron chi connectivity index (χ2n) is 2.64. The molecule has 0 spiro atoms. The summed E-state index contributed by atoms with van der Waals surface area (Å²) >= 11 is 2.20. The van der Waals surface area contributed by atoms with Crippen LogP contribution in [0.5, 0.6) is 0 Å². The third-order valence-corrected chi connectivity index (χ3v) is 2.64. The quantitative estimate of drug-likeness (QED) is 0.345. The average molecular weight is 282 g/mol. The third-order valence-electron chi connectivity index (χ3n) is 1.65. The van der Waals surface area contributed by atoms with E-state index >= 15 is 0 Å². The maximum Gasteiger partial charge on any atom is 0.508 e. The molecule has 1 aliphatic rings. The van der Waals surface area contributed by atoms with Crippen LogP contribution in [0.1, 0.15) is 12.8 Å². The van der Waals surface area contributed by atoms with Crippen LogP contribution in [0.2, 0.25) is 0 Å². The van der Waals surface area contributed by atoms with Gasteiger partial charge in [0.25, 0.3) is 0 Å². The molecule has 2 atom stereocenters. The molecule has 0 aromatic rings. The maximum absolute atomic E-state index is 10.8. The fourth-order valence-electron chi connectivity index (χ4n) is 1.11. The zero-order valence-corrected chi connectivity index (χ0v) is 8.82. The first-order valence-corrected chi connectivity index (χ1v) is 5.33. The number of hydrogen-bond donors (Lipinski definition) is 0. The molecule has 1 fully saturated rings. The van der Waals surface area contributed by atoms with Crippen molar-refractivity contribution in [1.82, 2.24) is 0 Å². The topological polar surface area (TPSA) is 35.5 Å². The Morgan fingerprint density at radius 2 is 2.25 bits per heavy atom. The second kappa shape index (κ2) is 4.69. The normalized spacial score (nSPS) is 28.9. The Balaban J connectivity index is 2.44. The average Bonchev–Trinajstić information content (AvgIpc) is 2.04. The predicted octanol–water partition coefficient (Wildman–Crippen LogP) is 2.29. The number of halogens is 1. The highest BCUT2D eigenvalue weighted by Gasteiger charge is 2.27. The van der Waals surface area contributed by atoms with Crippen LogP contribution in [0.3, 0.4) is 0 Å². The van der Waals surface area contributed by atoms with Crippen molar-refractivity contribution in [2.24, 2.45) is 0 Å². The molecule has 3 nitrogen and oxygen atoms in total. The molecular weight excluding hydrogens is 271 g/mol. The van der Waals surface area contributed by atoms with Gasteiger partial charge in [0.1, 0.15) is 12.2 Å². The largest absolute Gasteiger partial charge is 0.508 e. The van der Waals surface area contributed by atoms with Gasteiger partial charge in [-0.1, -0.05) is 28.7 Å².